The van der Waals surface area contributed by atoms with Gasteiger partial charge in [-0.3, -0.25) is 0 Å². The highest BCUT2D eigenvalue weighted by molar-refractivity contribution is 5.84. The van der Waals surface area contributed by atoms with Gasteiger partial charge in [-0.05, 0) is 19.9 Å². The predicted molar refractivity (Wildman–Crippen MR) is 63.3 cm³/mol. The van der Waals surface area contributed by atoms with E-state index < -0.39 is 0 Å². The normalized spacial score (nSPS) is 11.2. The molecule has 0 aliphatic carbocycles. The molecule has 6 heteroatoms. The molecule has 6 nitrogen and oxygen atoms in total. The van der Waals surface area contributed by atoms with Crippen molar-refractivity contribution in [2.75, 3.05) is 5.73 Å². The summed E-state index contributed by atoms with van der Waals surface area (Å²) in [5, 5.41) is 0. The van der Waals surface area contributed by atoms with Crippen LogP contribution in [0.25, 0.3) is 22.6 Å². The third-order valence-corrected chi connectivity index (χ3v) is 2.61. The number of nitrogen functional groups attached to an aromatic ring is 1. The van der Waals surface area contributed by atoms with Crippen LogP contribution in [0.3, 0.4) is 0 Å². The SMILES string of the molecule is Cc1cc(-c2nc3ncnc(N)c3[nH]2)c(C)o1. The zero-order valence-electron chi connectivity index (χ0n) is 9.48. The van der Waals surface area contributed by atoms with Gasteiger partial charge >= 0.3 is 0 Å². The monoisotopic (exact) mass is 229 g/mol. The van der Waals surface area contributed by atoms with Gasteiger partial charge in [0, 0.05) is 0 Å². The van der Waals surface area contributed by atoms with Gasteiger partial charge in [0.15, 0.2) is 11.5 Å². The number of H-pyrrole nitrogens is 1. The Kier molecular flexibility index (Phi) is 1.91. The average molecular weight is 229 g/mol. The van der Waals surface area contributed by atoms with Crippen molar-refractivity contribution in [2.24, 2.45) is 0 Å². The second-order valence-electron chi connectivity index (χ2n) is 3.87. The van der Waals surface area contributed by atoms with Crippen molar-refractivity contribution in [1.82, 2.24) is 19.9 Å². The molecular weight excluding hydrogens is 218 g/mol. The van der Waals surface area contributed by atoms with E-state index in [9.17, 15) is 0 Å². The third-order valence-electron chi connectivity index (χ3n) is 2.61. The summed E-state index contributed by atoms with van der Waals surface area (Å²) < 4.78 is 5.47. The van der Waals surface area contributed by atoms with Crippen LogP contribution in [0.2, 0.25) is 0 Å². The number of fused-ring (bicyclic) bond motifs is 1. The fraction of sp³-hybridized carbons (Fsp3) is 0.182. The second-order valence-corrected chi connectivity index (χ2v) is 3.87. The van der Waals surface area contributed by atoms with Crippen LogP contribution in [-0.4, -0.2) is 19.9 Å². The molecule has 0 atom stereocenters. The number of hydrogen-bond acceptors (Lipinski definition) is 5. The van der Waals surface area contributed by atoms with Gasteiger partial charge in [-0.2, -0.15) is 0 Å². The van der Waals surface area contributed by atoms with Gasteiger partial charge < -0.3 is 15.1 Å². The van der Waals surface area contributed by atoms with E-state index in [1.54, 1.807) is 0 Å². The second kappa shape index (κ2) is 3.31. The van der Waals surface area contributed by atoms with Gasteiger partial charge in [-0.15, -0.1) is 0 Å². The standard InChI is InChI=1S/C11H11N5O/c1-5-3-7(6(2)17-5)10-15-8-9(12)13-4-14-11(8)16-10/h3-4H,1-2H3,(H3,12,13,14,15,16). The number of aryl methyl sites for hydroxylation is 2. The van der Waals surface area contributed by atoms with E-state index in [0.717, 1.165) is 17.1 Å². The minimum atomic E-state index is 0.395. The summed E-state index contributed by atoms with van der Waals surface area (Å²) in [5.41, 5.74) is 7.88. The topological polar surface area (TPSA) is 93.6 Å². The zero-order chi connectivity index (χ0) is 12.0. The highest BCUT2D eigenvalue weighted by atomic mass is 16.3. The summed E-state index contributed by atoms with van der Waals surface area (Å²) >= 11 is 0. The van der Waals surface area contributed by atoms with Gasteiger partial charge in [0.05, 0.1) is 5.56 Å². The summed E-state index contributed by atoms with van der Waals surface area (Å²) in [7, 11) is 0. The van der Waals surface area contributed by atoms with Crippen LogP contribution in [0.15, 0.2) is 16.8 Å². The van der Waals surface area contributed by atoms with Crippen LogP contribution in [0.1, 0.15) is 11.5 Å². The van der Waals surface area contributed by atoms with Crippen molar-refractivity contribution >= 4 is 17.0 Å². The van der Waals surface area contributed by atoms with E-state index in [0.29, 0.717) is 22.8 Å². The maximum Gasteiger partial charge on any atom is 0.183 e. The van der Waals surface area contributed by atoms with Gasteiger partial charge in [0.1, 0.15) is 29.2 Å². The van der Waals surface area contributed by atoms with Gasteiger partial charge in [0.25, 0.3) is 0 Å². The van der Waals surface area contributed by atoms with E-state index >= 15 is 0 Å². The molecule has 0 saturated heterocycles. The molecule has 86 valence electrons. The zero-order valence-corrected chi connectivity index (χ0v) is 9.48. The van der Waals surface area contributed by atoms with Gasteiger partial charge in [-0.25, -0.2) is 15.0 Å². The molecule has 0 saturated carbocycles. The van der Waals surface area contributed by atoms with E-state index in [-0.39, 0.29) is 0 Å². The Labute approximate surface area is 96.9 Å². The van der Waals surface area contributed by atoms with E-state index in [1.165, 1.54) is 6.33 Å². The molecule has 3 heterocycles. The lowest BCUT2D eigenvalue weighted by Crippen LogP contribution is -1.91. The fourth-order valence-corrected chi connectivity index (χ4v) is 1.84. The van der Waals surface area contributed by atoms with Gasteiger partial charge in [-0.1, -0.05) is 0 Å². The van der Waals surface area contributed by atoms with E-state index in [2.05, 4.69) is 19.9 Å². The van der Waals surface area contributed by atoms with Crippen molar-refractivity contribution in [3.63, 3.8) is 0 Å². The van der Waals surface area contributed by atoms with Crippen LogP contribution in [0, 0.1) is 13.8 Å². The van der Waals surface area contributed by atoms with Crippen LogP contribution in [0.5, 0.6) is 0 Å². The largest absolute Gasteiger partial charge is 0.466 e. The highest BCUT2D eigenvalue weighted by Gasteiger charge is 2.13. The van der Waals surface area contributed by atoms with E-state index in [4.69, 9.17) is 10.2 Å². The van der Waals surface area contributed by atoms with Crippen molar-refractivity contribution in [3.05, 3.63) is 23.9 Å². The molecule has 17 heavy (non-hydrogen) atoms. The first-order valence-corrected chi connectivity index (χ1v) is 5.19. The number of nitrogens with one attached hydrogen (secondary N) is 1. The quantitative estimate of drug-likeness (QED) is 0.663. The third kappa shape index (κ3) is 1.45. The van der Waals surface area contributed by atoms with Gasteiger partial charge in [0.2, 0.25) is 0 Å². The molecule has 3 N–H and O–H groups in total. The molecule has 0 fully saturated rings. The number of nitrogens with two attached hydrogens (primary N) is 1. The Bertz CT molecular complexity index is 697. The smallest absolute Gasteiger partial charge is 0.183 e. The van der Waals surface area contributed by atoms with E-state index in [1.807, 2.05) is 19.9 Å². The Balaban J connectivity index is 2.25. The summed E-state index contributed by atoms with van der Waals surface area (Å²) in [6, 6.07) is 1.93. The molecule has 3 aromatic heterocycles. The van der Waals surface area contributed by atoms with Crippen molar-refractivity contribution in [3.8, 4) is 11.4 Å². The number of aromatic amines is 1. The molecule has 0 spiro atoms. The molecule has 3 rings (SSSR count). The Morgan fingerprint density at radius 3 is 2.76 bits per heavy atom. The number of imidazole rings is 1. The van der Waals surface area contributed by atoms with Crippen molar-refractivity contribution in [1.29, 1.82) is 0 Å². The molecule has 0 unspecified atom stereocenters. The minimum Gasteiger partial charge on any atom is -0.466 e. The molecule has 3 aromatic rings. The van der Waals surface area contributed by atoms with Crippen molar-refractivity contribution < 1.29 is 4.42 Å². The fourth-order valence-electron chi connectivity index (χ4n) is 1.84. The van der Waals surface area contributed by atoms with Crippen molar-refractivity contribution in [2.45, 2.75) is 13.8 Å². The molecule has 0 amide bonds. The summed E-state index contributed by atoms with van der Waals surface area (Å²) in [6.07, 6.45) is 1.40. The van der Waals surface area contributed by atoms with Crippen LogP contribution in [0.4, 0.5) is 5.82 Å². The molecule has 0 aliphatic heterocycles. The molecule has 0 radical (unpaired) electrons. The van der Waals surface area contributed by atoms with Crippen LogP contribution >= 0.6 is 0 Å². The number of nitrogens with zero attached hydrogens (tertiary/aromatic N) is 3. The predicted octanol–water partition coefficient (Wildman–Crippen LogP) is 1.81. The molecule has 0 aromatic carbocycles. The first kappa shape index (κ1) is 9.83. The number of aromatic nitrogens is 4. The summed E-state index contributed by atoms with van der Waals surface area (Å²) in [6.45, 7) is 3.79. The number of rotatable bonds is 1. The first-order valence-electron chi connectivity index (χ1n) is 5.19. The minimum absolute atomic E-state index is 0.395. The average Bonchev–Trinajstić information content (AvgIpc) is 2.82. The first-order chi connectivity index (χ1) is 8.15. The lowest BCUT2D eigenvalue weighted by atomic mass is 10.2. The van der Waals surface area contributed by atoms with Crippen LogP contribution < -0.4 is 5.73 Å². The molecular formula is C11H11N5O. The highest BCUT2D eigenvalue weighted by Crippen LogP contribution is 2.26. The molecule has 0 aliphatic rings. The lowest BCUT2D eigenvalue weighted by Gasteiger charge is -1.91. The number of anilines is 1. The lowest BCUT2D eigenvalue weighted by molar-refractivity contribution is 0.505. The Hall–Kier alpha value is -2.37. The number of hydrogen-bond donors (Lipinski definition) is 2. The Morgan fingerprint density at radius 1 is 1.29 bits per heavy atom. The number of furan rings is 1. The summed E-state index contributed by atoms with van der Waals surface area (Å²) in [5.74, 6) is 2.75. The maximum atomic E-state index is 5.75. The molecule has 0 bridgehead atoms. The summed E-state index contributed by atoms with van der Waals surface area (Å²) in [4.78, 5) is 15.5. The Morgan fingerprint density at radius 2 is 2.12 bits per heavy atom. The maximum absolute atomic E-state index is 5.75. The van der Waals surface area contributed by atoms with Crippen LogP contribution in [-0.2, 0) is 0 Å².